The molecule has 1 aromatic heterocycles. The van der Waals surface area contributed by atoms with E-state index in [0.717, 1.165) is 71.9 Å². The highest BCUT2D eigenvalue weighted by molar-refractivity contribution is 6.32. The van der Waals surface area contributed by atoms with Crippen molar-refractivity contribution in [3.05, 3.63) is 70.4 Å². The Bertz CT molecular complexity index is 1150. The second-order valence-electron chi connectivity index (χ2n) is 8.50. The van der Waals surface area contributed by atoms with Crippen molar-refractivity contribution in [1.82, 2.24) is 14.6 Å². The average molecular weight is 486 g/mol. The standard InChI is InChI=1S/C26H28ClN3O2.ClH/c1-18-24-23(14-17-29(26(24)31)28-15-6-3-7-16-28)30(22-9-5-4-8-21(22)27)25(18)19-10-12-20(32-2)13-11-19;/h4-5,8-13H,3,6-7,14-17H2,1-2H3;1H. The molecule has 2 aliphatic heterocycles. The fraction of sp³-hybridized carbons (Fsp3) is 0.346. The number of aromatic nitrogens is 1. The van der Waals surface area contributed by atoms with Gasteiger partial charge in [-0.2, -0.15) is 0 Å². The third-order valence-corrected chi connectivity index (χ3v) is 6.97. The molecule has 0 radical (unpaired) electrons. The summed E-state index contributed by atoms with van der Waals surface area (Å²) in [5.74, 6) is 0.908. The van der Waals surface area contributed by atoms with E-state index in [1.807, 2.05) is 53.5 Å². The number of para-hydroxylation sites is 1. The summed E-state index contributed by atoms with van der Waals surface area (Å²) in [6.07, 6.45) is 4.33. The number of ether oxygens (including phenoxy) is 1. The zero-order valence-corrected chi connectivity index (χ0v) is 20.6. The molecule has 3 aromatic rings. The molecule has 1 saturated heterocycles. The van der Waals surface area contributed by atoms with E-state index in [4.69, 9.17) is 16.3 Å². The third kappa shape index (κ3) is 4.14. The van der Waals surface area contributed by atoms with E-state index < -0.39 is 0 Å². The maximum absolute atomic E-state index is 13.8. The molecule has 0 unspecified atom stereocenters. The Hall–Kier alpha value is -2.47. The minimum Gasteiger partial charge on any atom is -0.497 e. The van der Waals surface area contributed by atoms with Crippen LogP contribution in [0, 0.1) is 6.92 Å². The summed E-state index contributed by atoms with van der Waals surface area (Å²) < 4.78 is 7.55. The molecular formula is C26H29Cl2N3O2. The van der Waals surface area contributed by atoms with Crippen LogP contribution < -0.4 is 4.74 Å². The molecule has 0 spiro atoms. The number of halogens is 2. The van der Waals surface area contributed by atoms with Gasteiger partial charge in [-0.25, -0.2) is 5.01 Å². The highest BCUT2D eigenvalue weighted by Gasteiger charge is 2.36. The van der Waals surface area contributed by atoms with E-state index in [1.54, 1.807) is 7.11 Å². The van der Waals surface area contributed by atoms with Crippen LogP contribution in [0.1, 0.15) is 40.9 Å². The molecule has 2 aliphatic rings. The van der Waals surface area contributed by atoms with E-state index in [-0.39, 0.29) is 18.3 Å². The van der Waals surface area contributed by atoms with Crippen LogP contribution in [-0.2, 0) is 6.42 Å². The highest BCUT2D eigenvalue weighted by atomic mass is 35.5. The van der Waals surface area contributed by atoms with Crippen LogP contribution in [0.4, 0.5) is 0 Å². The van der Waals surface area contributed by atoms with Crippen molar-refractivity contribution in [2.75, 3.05) is 26.7 Å². The van der Waals surface area contributed by atoms with Crippen LogP contribution in [0.5, 0.6) is 5.75 Å². The molecule has 2 aromatic carbocycles. The van der Waals surface area contributed by atoms with Crippen molar-refractivity contribution in [2.45, 2.75) is 32.6 Å². The summed E-state index contributed by atoms with van der Waals surface area (Å²) in [5.41, 5.74) is 5.81. The molecule has 0 aliphatic carbocycles. The fourth-order valence-electron chi connectivity index (χ4n) is 5.09. The lowest BCUT2D eigenvalue weighted by atomic mass is 10.0. The Balaban J connectivity index is 0.00000259. The lowest BCUT2D eigenvalue weighted by Crippen LogP contribution is -2.51. The van der Waals surface area contributed by atoms with Gasteiger partial charge >= 0.3 is 0 Å². The maximum atomic E-state index is 13.8. The lowest BCUT2D eigenvalue weighted by molar-refractivity contribution is -0.0237. The number of hydrazine groups is 1. The number of carbonyl (C=O) groups excluding carboxylic acids is 1. The van der Waals surface area contributed by atoms with Gasteiger partial charge in [0.15, 0.2) is 0 Å². The molecule has 0 bridgehead atoms. The number of methoxy groups -OCH3 is 1. The number of amides is 1. The number of piperidine rings is 1. The molecule has 0 saturated carbocycles. The van der Waals surface area contributed by atoms with Gasteiger partial charge in [0, 0.05) is 31.7 Å². The SMILES string of the molecule is COc1ccc(-c2c(C)c3c(n2-c2ccccc2Cl)CCN(N2CCCCC2)C3=O)cc1.Cl. The highest BCUT2D eigenvalue weighted by Crippen LogP contribution is 2.39. The van der Waals surface area contributed by atoms with E-state index >= 15 is 0 Å². The number of hydrogen-bond donors (Lipinski definition) is 0. The summed E-state index contributed by atoms with van der Waals surface area (Å²) in [4.78, 5) is 13.8. The van der Waals surface area contributed by atoms with Gasteiger partial charge in [-0.3, -0.25) is 9.80 Å². The van der Waals surface area contributed by atoms with E-state index in [1.165, 1.54) is 6.42 Å². The van der Waals surface area contributed by atoms with E-state index in [0.29, 0.717) is 11.6 Å². The first-order chi connectivity index (χ1) is 15.6. The van der Waals surface area contributed by atoms with Gasteiger partial charge in [-0.05, 0) is 67.3 Å². The van der Waals surface area contributed by atoms with Crippen molar-refractivity contribution in [3.8, 4) is 22.7 Å². The van der Waals surface area contributed by atoms with Crippen LogP contribution in [0.3, 0.4) is 0 Å². The molecule has 1 amide bonds. The maximum Gasteiger partial charge on any atom is 0.270 e. The molecule has 0 N–H and O–H groups in total. The van der Waals surface area contributed by atoms with Crippen molar-refractivity contribution >= 4 is 29.9 Å². The number of fused-ring (bicyclic) bond motifs is 1. The zero-order chi connectivity index (χ0) is 22.2. The first-order valence-electron chi connectivity index (χ1n) is 11.3. The van der Waals surface area contributed by atoms with Crippen LogP contribution in [0.15, 0.2) is 48.5 Å². The lowest BCUT2D eigenvalue weighted by Gasteiger charge is -2.39. The van der Waals surface area contributed by atoms with Crippen LogP contribution in [0.25, 0.3) is 16.9 Å². The van der Waals surface area contributed by atoms with E-state index in [9.17, 15) is 4.79 Å². The molecule has 33 heavy (non-hydrogen) atoms. The molecule has 5 rings (SSSR count). The Morgan fingerprint density at radius 1 is 0.939 bits per heavy atom. The monoisotopic (exact) mass is 485 g/mol. The second-order valence-corrected chi connectivity index (χ2v) is 8.91. The van der Waals surface area contributed by atoms with Crippen LogP contribution >= 0.6 is 24.0 Å². The first kappa shape index (κ1) is 23.7. The Morgan fingerprint density at radius 3 is 2.30 bits per heavy atom. The predicted molar refractivity (Wildman–Crippen MR) is 135 cm³/mol. The van der Waals surface area contributed by atoms with Gasteiger partial charge in [-0.15, -0.1) is 12.4 Å². The molecule has 174 valence electrons. The van der Waals surface area contributed by atoms with E-state index in [2.05, 4.69) is 16.5 Å². The summed E-state index contributed by atoms with van der Waals surface area (Å²) in [6, 6.07) is 15.9. The number of benzene rings is 2. The summed E-state index contributed by atoms with van der Waals surface area (Å²) >= 11 is 6.66. The average Bonchev–Trinajstić information content (AvgIpc) is 3.13. The topological polar surface area (TPSA) is 37.7 Å². The summed E-state index contributed by atoms with van der Waals surface area (Å²) in [5, 5.41) is 4.89. The second kappa shape index (κ2) is 9.80. The number of nitrogens with zero attached hydrogens (tertiary/aromatic N) is 3. The van der Waals surface area contributed by atoms with Crippen LogP contribution in [-0.4, -0.2) is 47.2 Å². The third-order valence-electron chi connectivity index (χ3n) is 6.65. The van der Waals surface area contributed by atoms with Gasteiger partial charge in [0.05, 0.1) is 29.1 Å². The minimum atomic E-state index is 0. The van der Waals surface area contributed by atoms with Gasteiger partial charge in [0.25, 0.3) is 5.91 Å². The largest absolute Gasteiger partial charge is 0.497 e. The van der Waals surface area contributed by atoms with Gasteiger partial charge in [0.2, 0.25) is 0 Å². The fourth-order valence-corrected chi connectivity index (χ4v) is 5.31. The molecule has 5 nitrogen and oxygen atoms in total. The first-order valence-corrected chi connectivity index (χ1v) is 11.7. The quantitative estimate of drug-likeness (QED) is 0.459. The summed E-state index contributed by atoms with van der Waals surface area (Å²) in [7, 11) is 1.67. The molecule has 7 heteroatoms. The Labute approximate surface area is 206 Å². The zero-order valence-electron chi connectivity index (χ0n) is 19.0. The van der Waals surface area contributed by atoms with Crippen molar-refractivity contribution in [3.63, 3.8) is 0 Å². The van der Waals surface area contributed by atoms with Gasteiger partial charge in [-0.1, -0.05) is 30.2 Å². The summed E-state index contributed by atoms with van der Waals surface area (Å²) in [6.45, 7) is 4.67. The Kier molecular flexibility index (Phi) is 7.03. The molecular weight excluding hydrogens is 457 g/mol. The van der Waals surface area contributed by atoms with Crippen molar-refractivity contribution < 1.29 is 9.53 Å². The van der Waals surface area contributed by atoms with Gasteiger partial charge < -0.3 is 9.30 Å². The Morgan fingerprint density at radius 2 is 1.64 bits per heavy atom. The number of rotatable bonds is 4. The van der Waals surface area contributed by atoms with Gasteiger partial charge in [0.1, 0.15) is 5.75 Å². The predicted octanol–water partition coefficient (Wildman–Crippen LogP) is 5.94. The molecule has 0 atom stereocenters. The van der Waals surface area contributed by atoms with Crippen molar-refractivity contribution in [2.24, 2.45) is 0 Å². The minimum absolute atomic E-state index is 0. The number of hydrogen-bond acceptors (Lipinski definition) is 3. The normalized spacial score (nSPS) is 16.3. The van der Waals surface area contributed by atoms with Crippen LogP contribution in [0.2, 0.25) is 5.02 Å². The number of carbonyl (C=O) groups is 1. The van der Waals surface area contributed by atoms with Crippen molar-refractivity contribution in [1.29, 1.82) is 0 Å². The molecule has 3 heterocycles. The molecule has 1 fully saturated rings. The smallest absolute Gasteiger partial charge is 0.270 e.